The summed E-state index contributed by atoms with van der Waals surface area (Å²) in [6.07, 6.45) is 8.83. The number of para-hydroxylation sites is 1. The van der Waals surface area contributed by atoms with Crippen LogP contribution in [0, 0.1) is 5.41 Å². The highest BCUT2D eigenvalue weighted by Crippen LogP contribution is 2.59. The van der Waals surface area contributed by atoms with Crippen molar-refractivity contribution in [2.24, 2.45) is 5.41 Å². The van der Waals surface area contributed by atoms with Crippen LogP contribution in [0.15, 0.2) is 29.1 Å². The molecule has 0 amide bonds. The Hall–Kier alpha value is -3.35. The Morgan fingerprint density at radius 2 is 2.03 bits per heavy atom. The van der Waals surface area contributed by atoms with Gasteiger partial charge in [0.15, 0.2) is 11.5 Å². The van der Waals surface area contributed by atoms with Crippen LogP contribution in [-0.4, -0.2) is 33.8 Å². The lowest BCUT2D eigenvalue weighted by Crippen LogP contribution is -2.32. The molecule has 2 aliphatic rings. The summed E-state index contributed by atoms with van der Waals surface area (Å²) < 4.78 is 13.1. The molecule has 0 saturated heterocycles. The lowest BCUT2D eigenvalue weighted by molar-refractivity contribution is -0.141. The van der Waals surface area contributed by atoms with Crippen LogP contribution in [0.4, 0.5) is 0 Å². The van der Waals surface area contributed by atoms with Crippen molar-refractivity contribution in [1.29, 1.82) is 0 Å². The average molecular weight is 437 g/mol. The van der Waals surface area contributed by atoms with E-state index in [0.29, 0.717) is 54.6 Å². The summed E-state index contributed by atoms with van der Waals surface area (Å²) in [6, 6.07) is 5.34. The number of nitrogens with zero attached hydrogens (tertiary/aromatic N) is 2. The Balaban J connectivity index is 1.77. The van der Waals surface area contributed by atoms with E-state index in [0.717, 1.165) is 12.0 Å². The molecule has 7 nitrogen and oxygen atoms in total. The van der Waals surface area contributed by atoms with Crippen molar-refractivity contribution in [3.8, 4) is 11.5 Å². The topological polar surface area (TPSA) is 90.7 Å². The fourth-order valence-electron chi connectivity index (χ4n) is 4.33. The van der Waals surface area contributed by atoms with E-state index < -0.39 is 11.4 Å². The van der Waals surface area contributed by atoms with Gasteiger partial charge in [0.25, 0.3) is 5.56 Å². The zero-order valence-electron chi connectivity index (χ0n) is 18.6. The maximum atomic E-state index is 13.4. The molecule has 2 atom stereocenters. The Morgan fingerprint density at radius 1 is 1.25 bits per heavy atom. The first-order chi connectivity index (χ1) is 15.5. The van der Waals surface area contributed by atoms with E-state index in [1.54, 1.807) is 16.7 Å². The minimum absolute atomic E-state index is 0.151. The van der Waals surface area contributed by atoms with E-state index >= 15 is 0 Å². The SMILES string of the molecule is CCCc1c(/C=C/c2cccc(OCC)c2OCC)nc2n(c1=O)C1CC1(C(=O)O)C=C2. The molecule has 2 aromatic rings. The molecule has 2 heterocycles. The number of ether oxygens (including phenoxy) is 2. The predicted molar refractivity (Wildman–Crippen MR) is 123 cm³/mol. The van der Waals surface area contributed by atoms with Crippen LogP contribution < -0.4 is 15.0 Å². The van der Waals surface area contributed by atoms with Crippen molar-refractivity contribution >= 4 is 24.2 Å². The largest absolute Gasteiger partial charge is 0.490 e. The quantitative estimate of drug-likeness (QED) is 0.633. The number of carboxylic acids is 1. The van der Waals surface area contributed by atoms with Gasteiger partial charge in [0.05, 0.1) is 24.9 Å². The van der Waals surface area contributed by atoms with Crippen molar-refractivity contribution < 1.29 is 19.4 Å². The van der Waals surface area contributed by atoms with Gasteiger partial charge in [0.1, 0.15) is 11.2 Å². The minimum atomic E-state index is -0.967. The molecule has 1 fully saturated rings. The van der Waals surface area contributed by atoms with Gasteiger partial charge in [-0.1, -0.05) is 31.6 Å². The first-order valence-corrected chi connectivity index (χ1v) is 11.1. The van der Waals surface area contributed by atoms with Gasteiger partial charge in [0, 0.05) is 11.1 Å². The van der Waals surface area contributed by atoms with Crippen molar-refractivity contribution in [1.82, 2.24) is 9.55 Å². The van der Waals surface area contributed by atoms with E-state index in [1.807, 2.05) is 51.1 Å². The van der Waals surface area contributed by atoms with Crippen LogP contribution in [0.2, 0.25) is 0 Å². The van der Waals surface area contributed by atoms with E-state index in [9.17, 15) is 14.7 Å². The monoisotopic (exact) mass is 436 g/mol. The predicted octanol–water partition coefficient (Wildman–Crippen LogP) is 4.21. The smallest absolute Gasteiger partial charge is 0.315 e. The first kappa shape index (κ1) is 21.9. The molecule has 32 heavy (non-hydrogen) atoms. The molecule has 1 aromatic heterocycles. The zero-order chi connectivity index (χ0) is 22.9. The van der Waals surface area contributed by atoms with Crippen molar-refractivity contribution in [3.63, 3.8) is 0 Å². The molecule has 1 aliphatic heterocycles. The lowest BCUT2D eigenvalue weighted by Gasteiger charge is -2.19. The molecular weight excluding hydrogens is 408 g/mol. The molecule has 0 radical (unpaired) electrons. The molecule has 1 aliphatic carbocycles. The second-order valence-electron chi connectivity index (χ2n) is 8.03. The average Bonchev–Trinajstić information content (AvgIpc) is 3.53. The van der Waals surface area contributed by atoms with E-state index in [4.69, 9.17) is 14.5 Å². The molecule has 1 aromatic carbocycles. The van der Waals surface area contributed by atoms with Crippen LogP contribution in [-0.2, 0) is 11.2 Å². The number of aromatic nitrogens is 2. The fraction of sp³-hybridized carbons (Fsp3) is 0.400. The van der Waals surface area contributed by atoms with Gasteiger partial charge in [-0.15, -0.1) is 0 Å². The standard InChI is InChI=1S/C25H28N2O5/c1-4-8-17-18(12-11-16-9-7-10-19(31-5-2)22(16)32-6-3)26-21-13-14-25(24(29)30)15-20(25)27(21)23(17)28/h7,9-14,20H,4-6,8,15H2,1-3H3,(H,29,30)/b12-11+. The Bertz CT molecular complexity index is 1160. The second kappa shape index (κ2) is 8.65. The molecular formula is C25H28N2O5. The summed E-state index contributed by atoms with van der Waals surface area (Å²) >= 11 is 0. The van der Waals surface area contributed by atoms with E-state index in [2.05, 4.69) is 0 Å². The van der Waals surface area contributed by atoms with E-state index in [-0.39, 0.29) is 11.6 Å². The molecule has 0 bridgehead atoms. The number of benzene rings is 1. The highest BCUT2D eigenvalue weighted by atomic mass is 16.5. The third-order valence-electron chi connectivity index (χ3n) is 5.99. The fourth-order valence-corrected chi connectivity index (χ4v) is 4.33. The molecule has 1 N–H and O–H groups in total. The third kappa shape index (κ3) is 3.61. The molecule has 2 unspecified atom stereocenters. The summed E-state index contributed by atoms with van der Waals surface area (Å²) in [7, 11) is 0. The molecule has 168 valence electrons. The minimum Gasteiger partial charge on any atom is -0.490 e. The molecule has 1 saturated carbocycles. The summed E-state index contributed by atoms with van der Waals surface area (Å²) in [5.41, 5.74) is 0.920. The lowest BCUT2D eigenvalue weighted by atomic mass is 10.0. The maximum Gasteiger partial charge on any atom is 0.315 e. The van der Waals surface area contributed by atoms with Crippen LogP contribution in [0.3, 0.4) is 0 Å². The second-order valence-corrected chi connectivity index (χ2v) is 8.03. The van der Waals surface area contributed by atoms with Gasteiger partial charge in [-0.05, 0) is 51.0 Å². The summed E-state index contributed by atoms with van der Waals surface area (Å²) in [6.45, 7) is 6.88. The molecule has 0 spiro atoms. The number of rotatable bonds is 9. The van der Waals surface area contributed by atoms with Gasteiger partial charge in [-0.3, -0.25) is 14.2 Å². The van der Waals surface area contributed by atoms with E-state index in [1.165, 1.54) is 0 Å². The van der Waals surface area contributed by atoms with Crippen LogP contribution in [0.5, 0.6) is 11.5 Å². The summed E-state index contributed by atoms with van der Waals surface area (Å²) in [4.78, 5) is 29.8. The normalized spacial score (nSPS) is 20.7. The summed E-state index contributed by atoms with van der Waals surface area (Å²) in [5.74, 6) is 0.936. The Labute approximate surface area is 187 Å². The first-order valence-electron chi connectivity index (χ1n) is 11.1. The van der Waals surface area contributed by atoms with Crippen LogP contribution in [0.1, 0.15) is 62.3 Å². The number of hydrogen-bond acceptors (Lipinski definition) is 5. The van der Waals surface area contributed by atoms with Gasteiger partial charge < -0.3 is 14.6 Å². The Morgan fingerprint density at radius 3 is 2.72 bits per heavy atom. The zero-order valence-corrected chi connectivity index (χ0v) is 18.6. The van der Waals surface area contributed by atoms with Crippen molar-refractivity contribution in [2.45, 2.75) is 46.1 Å². The van der Waals surface area contributed by atoms with Gasteiger partial charge in [0.2, 0.25) is 0 Å². The highest BCUT2D eigenvalue weighted by Gasteiger charge is 2.62. The van der Waals surface area contributed by atoms with Gasteiger partial charge in [-0.2, -0.15) is 0 Å². The number of carboxylic acid groups (broad SMARTS) is 1. The van der Waals surface area contributed by atoms with Crippen molar-refractivity contribution in [2.75, 3.05) is 13.2 Å². The van der Waals surface area contributed by atoms with Crippen molar-refractivity contribution in [3.05, 3.63) is 57.3 Å². The number of fused-ring (bicyclic) bond motifs is 3. The van der Waals surface area contributed by atoms with Crippen LogP contribution >= 0.6 is 0 Å². The number of hydrogen-bond donors (Lipinski definition) is 1. The summed E-state index contributed by atoms with van der Waals surface area (Å²) in [5, 5.41) is 9.60. The van der Waals surface area contributed by atoms with Gasteiger partial charge >= 0.3 is 5.97 Å². The van der Waals surface area contributed by atoms with Gasteiger partial charge in [-0.25, -0.2) is 4.98 Å². The highest BCUT2D eigenvalue weighted by molar-refractivity contribution is 5.84. The number of aliphatic carboxylic acids is 1. The Kier molecular flexibility index (Phi) is 5.91. The molecule has 7 heteroatoms. The molecule has 4 rings (SSSR count). The third-order valence-corrected chi connectivity index (χ3v) is 5.99. The van der Waals surface area contributed by atoms with Crippen LogP contribution in [0.25, 0.3) is 18.2 Å². The number of carbonyl (C=O) groups is 1. The maximum absolute atomic E-state index is 13.4.